The second kappa shape index (κ2) is 3.72. The predicted octanol–water partition coefficient (Wildman–Crippen LogP) is 2.13. The third kappa shape index (κ3) is 1.72. The van der Waals surface area contributed by atoms with Crippen LogP contribution in [0.3, 0.4) is 0 Å². The summed E-state index contributed by atoms with van der Waals surface area (Å²) in [5.41, 5.74) is 14.7. The maximum atomic E-state index is 5.83. The Morgan fingerprint density at radius 1 is 1.14 bits per heavy atom. The molecule has 1 heterocycles. The maximum Gasteiger partial charge on any atom is 0.0727 e. The molecule has 14 heavy (non-hydrogen) atoms. The van der Waals surface area contributed by atoms with Crippen molar-refractivity contribution in [1.82, 2.24) is 4.98 Å². The molecule has 4 heteroatoms. The summed E-state index contributed by atoms with van der Waals surface area (Å²) < 4.78 is 0. The van der Waals surface area contributed by atoms with Gasteiger partial charge in [-0.1, -0.05) is 0 Å². The molecule has 0 saturated heterocycles. The molecule has 1 aromatic carbocycles. The molecular formula is C10H12ClN3. The molecule has 0 bridgehead atoms. The highest BCUT2D eigenvalue weighted by Gasteiger charge is 2.00. The number of pyridine rings is 1. The van der Waals surface area contributed by atoms with Crippen molar-refractivity contribution in [1.29, 1.82) is 0 Å². The van der Waals surface area contributed by atoms with Gasteiger partial charge in [0.2, 0.25) is 0 Å². The van der Waals surface area contributed by atoms with E-state index in [0.29, 0.717) is 5.69 Å². The molecule has 0 aliphatic carbocycles. The number of nitrogen functional groups attached to an aromatic ring is 2. The van der Waals surface area contributed by atoms with Gasteiger partial charge in [0.05, 0.1) is 5.52 Å². The van der Waals surface area contributed by atoms with Crippen molar-refractivity contribution in [2.24, 2.45) is 0 Å². The van der Waals surface area contributed by atoms with Gasteiger partial charge in [0, 0.05) is 22.5 Å². The van der Waals surface area contributed by atoms with E-state index in [4.69, 9.17) is 11.5 Å². The molecule has 0 atom stereocenters. The lowest BCUT2D eigenvalue weighted by molar-refractivity contribution is 1.26. The molecule has 0 aliphatic rings. The number of benzene rings is 1. The normalized spacial score (nSPS) is 9.79. The zero-order valence-electron chi connectivity index (χ0n) is 7.82. The Labute approximate surface area is 88.5 Å². The highest BCUT2D eigenvalue weighted by Crippen LogP contribution is 2.22. The first-order chi connectivity index (χ1) is 6.16. The van der Waals surface area contributed by atoms with Crippen molar-refractivity contribution < 1.29 is 0 Å². The number of rotatable bonds is 0. The Morgan fingerprint density at radius 2 is 1.86 bits per heavy atom. The van der Waals surface area contributed by atoms with Crippen LogP contribution >= 0.6 is 12.4 Å². The zero-order chi connectivity index (χ0) is 9.42. The van der Waals surface area contributed by atoms with Gasteiger partial charge in [-0.2, -0.15) is 0 Å². The van der Waals surface area contributed by atoms with Crippen LogP contribution in [0.1, 0.15) is 5.69 Å². The van der Waals surface area contributed by atoms with Crippen molar-refractivity contribution >= 4 is 34.7 Å². The Kier molecular flexibility index (Phi) is 2.81. The van der Waals surface area contributed by atoms with E-state index in [1.165, 1.54) is 0 Å². The van der Waals surface area contributed by atoms with Crippen LogP contribution in [0.4, 0.5) is 11.4 Å². The number of halogens is 1. The van der Waals surface area contributed by atoms with Gasteiger partial charge < -0.3 is 11.5 Å². The quantitative estimate of drug-likeness (QED) is 0.654. The molecule has 2 aromatic rings. The van der Waals surface area contributed by atoms with Crippen molar-refractivity contribution in [3.05, 3.63) is 30.0 Å². The second-order valence-corrected chi connectivity index (χ2v) is 3.13. The monoisotopic (exact) mass is 209 g/mol. The first-order valence-electron chi connectivity index (χ1n) is 4.09. The first-order valence-corrected chi connectivity index (χ1v) is 4.09. The van der Waals surface area contributed by atoms with Gasteiger partial charge in [0.25, 0.3) is 0 Å². The van der Waals surface area contributed by atoms with Crippen molar-refractivity contribution in [3.63, 3.8) is 0 Å². The summed E-state index contributed by atoms with van der Waals surface area (Å²) >= 11 is 0. The van der Waals surface area contributed by atoms with E-state index in [2.05, 4.69) is 4.98 Å². The summed E-state index contributed by atoms with van der Waals surface area (Å²) in [6.45, 7) is 1.92. The van der Waals surface area contributed by atoms with E-state index in [1.807, 2.05) is 31.2 Å². The van der Waals surface area contributed by atoms with E-state index in [9.17, 15) is 0 Å². The first kappa shape index (κ1) is 10.6. The summed E-state index contributed by atoms with van der Waals surface area (Å²) in [5.74, 6) is 0. The summed E-state index contributed by atoms with van der Waals surface area (Å²) in [6, 6.07) is 7.40. The third-order valence-corrected chi connectivity index (χ3v) is 1.99. The molecule has 0 saturated carbocycles. The van der Waals surface area contributed by atoms with Crippen LogP contribution in [-0.2, 0) is 0 Å². The van der Waals surface area contributed by atoms with Crippen LogP contribution < -0.4 is 11.5 Å². The Hall–Kier alpha value is -1.48. The number of fused-ring (bicyclic) bond motifs is 1. The molecule has 74 valence electrons. The number of hydrogen-bond acceptors (Lipinski definition) is 3. The summed E-state index contributed by atoms with van der Waals surface area (Å²) in [7, 11) is 0. The fraction of sp³-hybridized carbons (Fsp3) is 0.100. The number of nitrogens with zero attached hydrogens (tertiary/aromatic N) is 1. The van der Waals surface area contributed by atoms with E-state index >= 15 is 0 Å². The molecule has 1 aromatic heterocycles. The summed E-state index contributed by atoms with van der Waals surface area (Å²) in [6.07, 6.45) is 0. The van der Waals surface area contributed by atoms with Crippen molar-refractivity contribution in [2.75, 3.05) is 11.5 Å². The molecule has 0 radical (unpaired) electrons. The Balaban J connectivity index is 0.000000980. The molecule has 4 N–H and O–H groups in total. The van der Waals surface area contributed by atoms with E-state index in [0.717, 1.165) is 22.3 Å². The average molecular weight is 210 g/mol. The lowest BCUT2D eigenvalue weighted by Crippen LogP contribution is -1.93. The minimum absolute atomic E-state index is 0. The van der Waals surface area contributed by atoms with E-state index in [1.54, 1.807) is 0 Å². The smallest absolute Gasteiger partial charge is 0.0727 e. The lowest BCUT2D eigenvalue weighted by atomic mass is 10.1. The standard InChI is InChI=1S/C10H11N3.ClH/c1-6-4-9(12)8-5-7(11)2-3-10(8)13-6;/h2-5H,11H2,1H3,(H2,12,13);1H. The van der Waals surface area contributed by atoms with E-state index < -0.39 is 0 Å². The molecule has 0 spiro atoms. The fourth-order valence-electron chi connectivity index (χ4n) is 1.41. The third-order valence-electron chi connectivity index (χ3n) is 1.99. The van der Waals surface area contributed by atoms with Gasteiger partial charge >= 0.3 is 0 Å². The van der Waals surface area contributed by atoms with Crippen LogP contribution in [0.15, 0.2) is 24.3 Å². The molecule has 0 aliphatic heterocycles. The van der Waals surface area contributed by atoms with Crippen LogP contribution in [0, 0.1) is 6.92 Å². The Morgan fingerprint density at radius 3 is 2.57 bits per heavy atom. The van der Waals surface area contributed by atoms with Crippen molar-refractivity contribution in [2.45, 2.75) is 6.92 Å². The molecule has 0 unspecified atom stereocenters. The van der Waals surface area contributed by atoms with Crippen LogP contribution in [0.5, 0.6) is 0 Å². The van der Waals surface area contributed by atoms with Gasteiger partial charge in [-0.25, -0.2) is 0 Å². The van der Waals surface area contributed by atoms with Crippen LogP contribution in [0.25, 0.3) is 10.9 Å². The molecular weight excluding hydrogens is 198 g/mol. The minimum Gasteiger partial charge on any atom is -0.399 e. The highest BCUT2D eigenvalue weighted by molar-refractivity contribution is 5.92. The highest BCUT2D eigenvalue weighted by atomic mass is 35.5. The molecule has 3 nitrogen and oxygen atoms in total. The van der Waals surface area contributed by atoms with Crippen LogP contribution in [0.2, 0.25) is 0 Å². The lowest BCUT2D eigenvalue weighted by Gasteiger charge is -2.03. The topological polar surface area (TPSA) is 64.9 Å². The van der Waals surface area contributed by atoms with Gasteiger partial charge in [-0.15, -0.1) is 12.4 Å². The molecule has 0 amide bonds. The fourth-order valence-corrected chi connectivity index (χ4v) is 1.41. The Bertz CT molecular complexity index is 468. The van der Waals surface area contributed by atoms with Crippen LogP contribution in [-0.4, -0.2) is 4.98 Å². The van der Waals surface area contributed by atoms with E-state index in [-0.39, 0.29) is 12.4 Å². The largest absolute Gasteiger partial charge is 0.399 e. The van der Waals surface area contributed by atoms with Gasteiger partial charge in [-0.05, 0) is 31.2 Å². The number of anilines is 2. The number of hydrogen-bond donors (Lipinski definition) is 2. The van der Waals surface area contributed by atoms with Gasteiger partial charge in [-0.3, -0.25) is 4.98 Å². The van der Waals surface area contributed by atoms with Gasteiger partial charge in [0.15, 0.2) is 0 Å². The summed E-state index contributed by atoms with van der Waals surface area (Å²) in [4.78, 5) is 4.34. The molecule has 2 rings (SSSR count). The second-order valence-electron chi connectivity index (χ2n) is 3.13. The SMILES string of the molecule is Cc1cc(N)c2cc(N)ccc2n1.Cl. The number of aryl methyl sites for hydroxylation is 1. The van der Waals surface area contributed by atoms with Crippen molar-refractivity contribution in [3.8, 4) is 0 Å². The molecule has 0 fully saturated rings. The number of nitrogens with two attached hydrogens (primary N) is 2. The maximum absolute atomic E-state index is 5.83. The predicted molar refractivity (Wildman–Crippen MR) is 62.6 cm³/mol. The average Bonchev–Trinajstić information content (AvgIpc) is 2.06. The zero-order valence-corrected chi connectivity index (χ0v) is 8.64. The summed E-state index contributed by atoms with van der Waals surface area (Å²) in [5, 5.41) is 0.922. The number of aromatic nitrogens is 1. The minimum atomic E-state index is 0. The van der Waals surface area contributed by atoms with Gasteiger partial charge in [0.1, 0.15) is 0 Å².